The fraction of sp³-hybridized carbons (Fsp3) is 0.727. The Morgan fingerprint density at radius 1 is 1.62 bits per heavy atom. The molecular formula is C11H16O5. The lowest BCUT2D eigenvalue weighted by Crippen LogP contribution is -2.37. The lowest BCUT2D eigenvalue weighted by molar-refractivity contribution is -0.146. The van der Waals surface area contributed by atoms with Gasteiger partial charge in [-0.15, -0.1) is 0 Å². The minimum atomic E-state index is -0.932. The Morgan fingerprint density at radius 2 is 2.38 bits per heavy atom. The van der Waals surface area contributed by atoms with Crippen LogP contribution < -0.4 is 0 Å². The van der Waals surface area contributed by atoms with E-state index in [-0.39, 0.29) is 24.4 Å². The van der Waals surface area contributed by atoms with Gasteiger partial charge in [0.25, 0.3) is 0 Å². The molecule has 0 saturated heterocycles. The molecule has 0 bridgehead atoms. The minimum Gasteiger partial charge on any atom is -0.472 e. The highest BCUT2D eigenvalue weighted by Crippen LogP contribution is 2.45. The van der Waals surface area contributed by atoms with Gasteiger partial charge < -0.3 is 19.7 Å². The Bertz CT molecular complexity index is 311. The largest absolute Gasteiger partial charge is 0.472 e. The van der Waals surface area contributed by atoms with E-state index in [4.69, 9.17) is 4.74 Å². The molecule has 1 saturated carbocycles. The fourth-order valence-corrected chi connectivity index (χ4v) is 2.75. The molecule has 0 amide bonds. The van der Waals surface area contributed by atoms with E-state index in [1.165, 1.54) is 13.4 Å². The Kier molecular flexibility index (Phi) is 3.16. The first-order chi connectivity index (χ1) is 7.69. The van der Waals surface area contributed by atoms with Crippen molar-refractivity contribution in [1.29, 1.82) is 0 Å². The van der Waals surface area contributed by atoms with Crippen LogP contribution >= 0.6 is 0 Å². The molecular weight excluding hydrogens is 212 g/mol. The second-order valence-corrected chi connectivity index (χ2v) is 4.30. The molecule has 0 spiro atoms. The summed E-state index contributed by atoms with van der Waals surface area (Å²) in [6, 6.07) is 0. The maximum atomic E-state index is 11.5. The van der Waals surface area contributed by atoms with Gasteiger partial charge in [-0.25, -0.2) is 4.79 Å². The zero-order valence-electron chi connectivity index (χ0n) is 9.13. The third-order valence-electron chi connectivity index (χ3n) is 3.58. The molecule has 2 rings (SSSR count). The SMILES string of the molecule is COC(=O)C1=CO[C@@H](O)[C@@H]2[C@H](CO)CC[C@H]12. The van der Waals surface area contributed by atoms with E-state index >= 15 is 0 Å². The monoisotopic (exact) mass is 228 g/mol. The van der Waals surface area contributed by atoms with E-state index in [0.29, 0.717) is 5.57 Å². The number of fused-ring (bicyclic) bond motifs is 1. The molecule has 0 radical (unpaired) electrons. The number of methoxy groups -OCH3 is 1. The number of rotatable bonds is 2. The van der Waals surface area contributed by atoms with Crippen LogP contribution in [0.3, 0.4) is 0 Å². The number of esters is 1. The molecule has 2 aliphatic rings. The molecule has 90 valence electrons. The van der Waals surface area contributed by atoms with Crippen LogP contribution in [0.25, 0.3) is 0 Å². The van der Waals surface area contributed by atoms with Crippen molar-refractivity contribution in [3.63, 3.8) is 0 Å². The van der Waals surface area contributed by atoms with Crippen LogP contribution in [0.2, 0.25) is 0 Å². The molecule has 2 N–H and O–H groups in total. The van der Waals surface area contributed by atoms with Crippen molar-refractivity contribution < 1.29 is 24.5 Å². The Morgan fingerprint density at radius 3 is 3.00 bits per heavy atom. The molecule has 5 nitrogen and oxygen atoms in total. The van der Waals surface area contributed by atoms with E-state index in [1.807, 2.05) is 0 Å². The lowest BCUT2D eigenvalue weighted by Gasteiger charge is -2.32. The number of aliphatic hydroxyl groups excluding tert-OH is 2. The smallest absolute Gasteiger partial charge is 0.337 e. The van der Waals surface area contributed by atoms with Crippen molar-refractivity contribution in [1.82, 2.24) is 0 Å². The van der Waals surface area contributed by atoms with Crippen molar-refractivity contribution in [3.8, 4) is 0 Å². The van der Waals surface area contributed by atoms with Gasteiger partial charge in [0.2, 0.25) is 0 Å². The summed E-state index contributed by atoms with van der Waals surface area (Å²) in [6.45, 7) is 0.00996. The zero-order valence-corrected chi connectivity index (χ0v) is 9.13. The van der Waals surface area contributed by atoms with Gasteiger partial charge in [-0.1, -0.05) is 0 Å². The maximum Gasteiger partial charge on any atom is 0.337 e. The van der Waals surface area contributed by atoms with Gasteiger partial charge in [0.1, 0.15) is 0 Å². The van der Waals surface area contributed by atoms with Crippen LogP contribution in [0, 0.1) is 17.8 Å². The predicted octanol–water partition coefficient (Wildman–Crippen LogP) is 0.0266. The quantitative estimate of drug-likeness (QED) is 0.652. The van der Waals surface area contributed by atoms with Crippen LogP contribution in [-0.2, 0) is 14.3 Å². The summed E-state index contributed by atoms with van der Waals surface area (Å²) in [5, 5.41) is 18.9. The molecule has 0 aromatic heterocycles. The first-order valence-electron chi connectivity index (χ1n) is 5.41. The lowest BCUT2D eigenvalue weighted by atomic mass is 9.83. The van der Waals surface area contributed by atoms with Crippen molar-refractivity contribution in [2.45, 2.75) is 19.1 Å². The molecule has 5 heteroatoms. The highest BCUT2D eigenvalue weighted by atomic mass is 16.6. The summed E-state index contributed by atoms with van der Waals surface area (Å²) in [5.41, 5.74) is 0.466. The summed E-state index contributed by atoms with van der Waals surface area (Å²) in [4.78, 5) is 11.5. The molecule has 0 aromatic rings. The van der Waals surface area contributed by atoms with Crippen LogP contribution in [0.4, 0.5) is 0 Å². The number of hydrogen-bond acceptors (Lipinski definition) is 5. The van der Waals surface area contributed by atoms with Crippen LogP contribution in [0.1, 0.15) is 12.8 Å². The average Bonchev–Trinajstić information content (AvgIpc) is 2.73. The normalized spacial score (nSPS) is 37.3. The molecule has 16 heavy (non-hydrogen) atoms. The second-order valence-electron chi connectivity index (χ2n) is 4.30. The highest BCUT2D eigenvalue weighted by Gasteiger charge is 2.47. The number of aliphatic hydroxyl groups is 2. The van der Waals surface area contributed by atoms with E-state index in [9.17, 15) is 15.0 Å². The van der Waals surface area contributed by atoms with Crippen LogP contribution in [-0.4, -0.2) is 36.2 Å². The molecule has 0 unspecified atom stereocenters. The van der Waals surface area contributed by atoms with Crippen molar-refractivity contribution in [3.05, 3.63) is 11.8 Å². The van der Waals surface area contributed by atoms with Gasteiger partial charge in [-0.3, -0.25) is 0 Å². The maximum absolute atomic E-state index is 11.5. The van der Waals surface area contributed by atoms with Crippen molar-refractivity contribution in [2.24, 2.45) is 17.8 Å². The first-order valence-corrected chi connectivity index (χ1v) is 5.41. The number of carbonyl (C=O) groups excluding carboxylic acids is 1. The summed E-state index contributed by atoms with van der Waals surface area (Å²) < 4.78 is 9.71. The van der Waals surface area contributed by atoms with Gasteiger partial charge >= 0.3 is 5.97 Å². The molecule has 1 aliphatic carbocycles. The number of ether oxygens (including phenoxy) is 2. The van der Waals surface area contributed by atoms with Gasteiger partial charge in [0, 0.05) is 18.4 Å². The Hall–Kier alpha value is -1.07. The molecule has 1 heterocycles. The molecule has 1 aliphatic heterocycles. The van der Waals surface area contributed by atoms with E-state index in [1.54, 1.807) is 0 Å². The van der Waals surface area contributed by atoms with Gasteiger partial charge in [0.15, 0.2) is 6.29 Å². The standard InChI is InChI=1S/C11H16O5/c1-15-10(13)8-5-16-11(14)9-6(4-12)2-3-7(8)9/h5-7,9,11-12,14H,2-4H2,1H3/t6-,7+,9+,11+/m0/s1. The Balaban J connectivity index is 2.23. The van der Waals surface area contributed by atoms with Gasteiger partial charge in [0.05, 0.1) is 18.9 Å². The van der Waals surface area contributed by atoms with Gasteiger partial charge in [-0.2, -0.15) is 0 Å². The van der Waals surface area contributed by atoms with E-state index in [0.717, 1.165) is 12.8 Å². The Labute approximate surface area is 93.7 Å². The molecule has 1 fully saturated rings. The minimum absolute atomic E-state index is 0.00615. The van der Waals surface area contributed by atoms with E-state index in [2.05, 4.69) is 4.74 Å². The number of carbonyl (C=O) groups is 1. The van der Waals surface area contributed by atoms with Crippen molar-refractivity contribution in [2.75, 3.05) is 13.7 Å². The summed E-state index contributed by atoms with van der Waals surface area (Å²) in [7, 11) is 1.32. The zero-order chi connectivity index (χ0) is 11.7. The third-order valence-corrected chi connectivity index (χ3v) is 3.58. The topological polar surface area (TPSA) is 76.0 Å². The second kappa shape index (κ2) is 4.43. The predicted molar refractivity (Wildman–Crippen MR) is 54.0 cm³/mol. The third kappa shape index (κ3) is 1.70. The first kappa shape index (κ1) is 11.4. The van der Waals surface area contributed by atoms with Crippen molar-refractivity contribution >= 4 is 5.97 Å². The van der Waals surface area contributed by atoms with Crippen LogP contribution in [0.15, 0.2) is 11.8 Å². The summed E-state index contributed by atoms with van der Waals surface area (Å²) >= 11 is 0. The molecule has 0 aromatic carbocycles. The fourth-order valence-electron chi connectivity index (χ4n) is 2.75. The molecule has 4 atom stereocenters. The average molecular weight is 228 g/mol. The highest BCUT2D eigenvalue weighted by molar-refractivity contribution is 5.88. The van der Waals surface area contributed by atoms with Crippen LogP contribution in [0.5, 0.6) is 0 Å². The summed E-state index contributed by atoms with van der Waals surface area (Å²) in [5.74, 6) is -0.689. The van der Waals surface area contributed by atoms with E-state index < -0.39 is 12.3 Å². The van der Waals surface area contributed by atoms with Gasteiger partial charge in [-0.05, 0) is 18.8 Å². The summed E-state index contributed by atoms with van der Waals surface area (Å²) in [6.07, 6.45) is 1.92. The number of hydrogen-bond donors (Lipinski definition) is 2.